The van der Waals surface area contributed by atoms with Crippen molar-refractivity contribution in [3.63, 3.8) is 0 Å². The molecule has 0 atom stereocenters. The van der Waals surface area contributed by atoms with Crippen LogP contribution >= 0.6 is 11.3 Å². The quantitative estimate of drug-likeness (QED) is 0.493. The number of nitrogens with zero attached hydrogens (tertiary/aromatic N) is 3. The van der Waals surface area contributed by atoms with Crippen LogP contribution in [0.2, 0.25) is 0 Å². The lowest BCUT2D eigenvalue weighted by Crippen LogP contribution is -2.35. The molecule has 1 aromatic heterocycles. The molecule has 2 aromatic rings. The zero-order valence-electron chi connectivity index (χ0n) is 13.7. The van der Waals surface area contributed by atoms with E-state index < -0.39 is 0 Å². The summed E-state index contributed by atoms with van der Waals surface area (Å²) in [6, 6.07) is 7.94. The van der Waals surface area contributed by atoms with Crippen molar-refractivity contribution in [3.8, 4) is 0 Å². The van der Waals surface area contributed by atoms with E-state index in [0.717, 1.165) is 47.9 Å². The third kappa shape index (κ3) is 4.24. The maximum absolute atomic E-state index is 9.58. The van der Waals surface area contributed by atoms with Gasteiger partial charge in [-0.15, -0.1) is 11.3 Å². The Kier molecular flexibility index (Phi) is 5.32. The van der Waals surface area contributed by atoms with Crippen LogP contribution in [0.25, 0.3) is 0 Å². The highest BCUT2D eigenvalue weighted by atomic mass is 32.1. The van der Waals surface area contributed by atoms with Gasteiger partial charge in [-0.1, -0.05) is 5.16 Å². The van der Waals surface area contributed by atoms with Gasteiger partial charge in [0, 0.05) is 35.4 Å². The molecule has 128 valence electrons. The van der Waals surface area contributed by atoms with Crippen molar-refractivity contribution in [1.82, 2.24) is 4.98 Å². The molecule has 0 spiro atoms. The third-order valence-corrected chi connectivity index (χ3v) is 4.95. The lowest BCUT2D eigenvalue weighted by atomic mass is 10.1. The summed E-state index contributed by atoms with van der Waals surface area (Å²) >= 11 is 1.55. The van der Waals surface area contributed by atoms with Crippen LogP contribution in [0.1, 0.15) is 29.1 Å². The molecule has 1 aliphatic heterocycles. The van der Waals surface area contributed by atoms with E-state index >= 15 is 0 Å². The second-order valence-electron chi connectivity index (χ2n) is 5.90. The van der Waals surface area contributed by atoms with Crippen molar-refractivity contribution in [1.29, 1.82) is 0 Å². The van der Waals surface area contributed by atoms with Crippen LogP contribution in [0.15, 0.2) is 34.8 Å². The van der Waals surface area contributed by atoms with E-state index in [1.54, 1.807) is 11.3 Å². The number of aliphatic hydroxyl groups is 1. The Hall–Kier alpha value is -2.12. The van der Waals surface area contributed by atoms with E-state index in [0.29, 0.717) is 12.4 Å². The normalized spacial score (nSPS) is 16.4. The molecule has 1 aromatic carbocycles. The number of amidine groups is 1. The molecule has 1 saturated heterocycles. The fraction of sp³-hybridized carbons (Fsp3) is 0.412. The summed E-state index contributed by atoms with van der Waals surface area (Å²) in [5.74, 6) is 0.351. The molecule has 6 nitrogen and oxygen atoms in total. The molecule has 0 aliphatic carbocycles. The first-order chi connectivity index (χ1) is 11.6. The number of aliphatic hydroxyl groups excluding tert-OH is 1. The van der Waals surface area contributed by atoms with Gasteiger partial charge in [-0.05, 0) is 44.0 Å². The van der Waals surface area contributed by atoms with Crippen molar-refractivity contribution in [2.24, 2.45) is 10.9 Å². The second-order valence-corrected chi connectivity index (χ2v) is 6.84. The summed E-state index contributed by atoms with van der Waals surface area (Å²) in [7, 11) is 0. The van der Waals surface area contributed by atoms with E-state index in [1.807, 2.05) is 36.6 Å². The predicted molar refractivity (Wildman–Crippen MR) is 96.3 cm³/mol. The average molecular weight is 346 g/mol. The molecule has 2 heterocycles. The van der Waals surface area contributed by atoms with Crippen LogP contribution in [0, 0.1) is 6.92 Å². The number of aromatic nitrogens is 1. The highest BCUT2D eigenvalue weighted by molar-refractivity contribution is 7.09. The first-order valence-corrected chi connectivity index (χ1v) is 8.89. The Bertz CT molecular complexity index is 691. The number of anilines is 1. The minimum Gasteiger partial charge on any atom is -0.393 e. The fourth-order valence-corrected chi connectivity index (χ4v) is 3.32. The van der Waals surface area contributed by atoms with E-state index in [4.69, 9.17) is 10.6 Å². The summed E-state index contributed by atoms with van der Waals surface area (Å²) < 4.78 is 0. The Morgan fingerprint density at radius 3 is 2.71 bits per heavy atom. The molecular weight excluding hydrogens is 324 g/mol. The number of oxime groups is 1. The maximum atomic E-state index is 9.58. The number of hydrogen-bond acceptors (Lipinski definition) is 6. The summed E-state index contributed by atoms with van der Waals surface area (Å²) in [5.41, 5.74) is 8.92. The van der Waals surface area contributed by atoms with Gasteiger partial charge in [0.05, 0.1) is 6.10 Å². The van der Waals surface area contributed by atoms with Crippen LogP contribution in [-0.2, 0) is 11.4 Å². The number of hydrogen-bond donors (Lipinski definition) is 2. The standard InChI is InChI=1S/C17H22N4O2S/c1-12-11-24-16(19-12)10-23-20-17(18)13-2-4-14(5-3-13)21-8-6-15(22)7-9-21/h2-5,11,15,22H,6-10H2,1H3,(H2,18,20). The highest BCUT2D eigenvalue weighted by Crippen LogP contribution is 2.20. The number of nitrogens with two attached hydrogens (primary N) is 1. The van der Waals surface area contributed by atoms with Crippen LogP contribution in [-0.4, -0.2) is 35.1 Å². The largest absolute Gasteiger partial charge is 0.393 e. The lowest BCUT2D eigenvalue weighted by Gasteiger charge is -2.31. The SMILES string of the molecule is Cc1csc(CON=C(N)c2ccc(N3CCC(O)CC3)cc2)n1. The molecule has 0 saturated carbocycles. The monoisotopic (exact) mass is 346 g/mol. The summed E-state index contributed by atoms with van der Waals surface area (Å²) in [5, 5.41) is 16.4. The third-order valence-electron chi connectivity index (χ3n) is 4.01. The smallest absolute Gasteiger partial charge is 0.170 e. The fourth-order valence-electron chi connectivity index (χ4n) is 2.65. The maximum Gasteiger partial charge on any atom is 0.170 e. The van der Waals surface area contributed by atoms with Gasteiger partial charge in [-0.25, -0.2) is 4.98 Å². The zero-order chi connectivity index (χ0) is 16.9. The number of benzene rings is 1. The van der Waals surface area contributed by atoms with Crippen LogP contribution < -0.4 is 10.6 Å². The molecule has 3 N–H and O–H groups in total. The lowest BCUT2D eigenvalue weighted by molar-refractivity contribution is 0.130. The average Bonchev–Trinajstić information content (AvgIpc) is 3.01. The Morgan fingerprint density at radius 2 is 2.08 bits per heavy atom. The summed E-state index contributed by atoms with van der Waals surface area (Å²) in [6.07, 6.45) is 1.47. The van der Waals surface area contributed by atoms with Gasteiger partial charge in [-0.3, -0.25) is 0 Å². The van der Waals surface area contributed by atoms with Crippen LogP contribution in [0.3, 0.4) is 0 Å². The van der Waals surface area contributed by atoms with Crippen molar-refractivity contribution >= 4 is 22.9 Å². The molecule has 0 radical (unpaired) electrons. The Morgan fingerprint density at radius 1 is 1.38 bits per heavy atom. The van der Waals surface area contributed by atoms with Gasteiger partial charge in [0.1, 0.15) is 5.01 Å². The van der Waals surface area contributed by atoms with Crippen LogP contribution in [0.5, 0.6) is 0 Å². The molecule has 0 amide bonds. The first-order valence-electron chi connectivity index (χ1n) is 8.01. The minimum absolute atomic E-state index is 0.165. The molecule has 0 unspecified atom stereocenters. The topological polar surface area (TPSA) is 84.0 Å². The van der Waals surface area contributed by atoms with Gasteiger partial charge in [0.2, 0.25) is 0 Å². The molecule has 24 heavy (non-hydrogen) atoms. The highest BCUT2D eigenvalue weighted by Gasteiger charge is 2.17. The molecule has 1 fully saturated rings. The number of rotatable bonds is 5. The van der Waals surface area contributed by atoms with Crippen molar-refractivity contribution < 1.29 is 9.94 Å². The predicted octanol–water partition coefficient (Wildman–Crippen LogP) is 2.25. The van der Waals surface area contributed by atoms with Gasteiger partial charge in [0.15, 0.2) is 12.4 Å². The number of piperidine rings is 1. The minimum atomic E-state index is -0.165. The van der Waals surface area contributed by atoms with Gasteiger partial charge < -0.3 is 20.6 Å². The second kappa shape index (κ2) is 7.63. The first kappa shape index (κ1) is 16.7. The van der Waals surface area contributed by atoms with E-state index in [9.17, 15) is 5.11 Å². The van der Waals surface area contributed by atoms with Crippen molar-refractivity contribution in [2.45, 2.75) is 32.5 Å². The molecule has 1 aliphatic rings. The molecular formula is C17H22N4O2S. The van der Waals surface area contributed by atoms with Crippen LogP contribution in [0.4, 0.5) is 5.69 Å². The Balaban J connectivity index is 1.56. The van der Waals surface area contributed by atoms with Gasteiger partial charge >= 0.3 is 0 Å². The van der Waals surface area contributed by atoms with E-state index in [-0.39, 0.29) is 6.10 Å². The van der Waals surface area contributed by atoms with E-state index in [2.05, 4.69) is 15.0 Å². The summed E-state index contributed by atoms with van der Waals surface area (Å²) in [6.45, 7) is 4.02. The zero-order valence-corrected chi connectivity index (χ0v) is 14.5. The Labute approximate surface area is 145 Å². The van der Waals surface area contributed by atoms with E-state index in [1.165, 1.54) is 0 Å². The van der Waals surface area contributed by atoms with Crippen molar-refractivity contribution in [2.75, 3.05) is 18.0 Å². The van der Waals surface area contributed by atoms with Crippen molar-refractivity contribution in [3.05, 3.63) is 45.9 Å². The molecule has 3 rings (SSSR count). The van der Waals surface area contributed by atoms with Gasteiger partial charge in [-0.2, -0.15) is 0 Å². The molecule has 0 bridgehead atoms. The summed E-state index contributed by atoms with van der Waals surface area (Å²) in [4.78, 5) is 11.9. The molecule has 7 heteroatoms. The number of thiazole rings is 1. The number of aryl methyl sites for hydroxylation is 1. The van der Waals surface area contributed by atoms with Gasteiger partial charge in [0.25, 0.3) is 0 Å².